The zero-order chi connectivity index (χ0) is 18.5. The SMILES string of the molecule is C[C@@H](Sc1nnc(Cc2ccccc2)o1)C(=O)Nc1c(Cl)cccc1Cl. The minimum absolute atomic E-state index is 0.257. The molecule has 3 aromatic rings. The molecule has 0 spiro atoms. The van der Waals surface area contributed by atoms with Crippen LogP contribution < -0.4 is 5.32 Å². The molecule has 1 heterocycles. The van der Waals surface area contributed by atoms with Crippen molar-refractivity contribution in [2.45, 2.75) is 23.8 Å². The molecule has 8 heteroatoms. The fraction of sp³-hybridized carbons (Fsp3) is 0.167. The van der Waals surface area contributed by atoms with Crippen LogP contribution in [0.1, 0.15) is 18.4 Å². The second-order valence-corrected chi connectivity index (χ2v) is 7.58. The zero-order valence-electron chi connectivity index (χ0n) is 13.8. The van der Waals surface area contributed by atoms with Crippen molar-refractivity contribution >= 4 is 46.6 Å². The van der Waals surface area contributed by atoms with E-state index in [1.165, 1.54) is 11.8 Å². The molecule has 0 bridgehead atoms. The van der Waals surface area contributed by atoms with Gasteiger partial charge in [0.05, 0.1) is 27.4 Å². The van der Waals surface area contributed by atoms with Crippen LogP contribution in [0.5, 0.6) is 0 Å². The van der Waals surface area contributed by atoms with E-state index in [0.29, 0.717) is 33.3 Å². The summed E-state index contributed by atoms with van der Waals surface area (Å²) in [6.07, 6.45) is 0.546. The van der Waals surface area contributed by atoms with E-state index < -0.39 is 5.25 Å². The van der Waals surface area contributed by atoms with E-state index >= 15 is 0 Å². The van der Waals surface area contributed by atoms with Crippen LogP contribution in [-0.4, -0.2) is 21.4 Å². The summed E-state index contributed by atoms with van der Waals surface area (Å²) in [6.45, 7) is 1.74. The minimum atomic E-state index is -0.465. The maximum Gasteiger partial charge on any atom is 0.277 e. The molecule has 0 saturated carbocycles. The van der Waals surface area contributed by atoms with E-state index in [9.17, 15) is 4.79 Å². The highest BCUT2D eigenvalue weighted by Crippen LogP contribution is 2.31. The number of hydrogen-bond donors (Lipinski definition) is 1. The Morgan fingerprint density at radius 3 is 2.50 bits per heavy atom. The normalized spacial score (nSPS) is 12.0. The number of nitrogens with zero attached hydrogens (tertiary/aromatic N) is 2. The summed E-state index contributed by atoms with van der Waals surface area (Å²) in [4.78, 5) is 12.4. The van der Waals surface area contributed by atoms with Crippen molar-refractivity contribution in [1.82, 2.24) is 10.2 Å². The van der Waals surface area contributed by atoms with E-state index in [-0.39, 0.29) is 5.91 Å². The molecular weight excluding hydrogens is 393 g/mol. The van der Waals surface area contributed by atoms with Crippen molar-refractivity contribution in [3.05, 3.63) is 70.0 Å². The Kier molecular flexibility index (Phi) is 6.19. The predicted molar refractivity (Wildman–Crippen MR) is 104 cm³/mol. The third-order valence-electron chi connectivity index (χ3n) is 3.50. The number of rotatable bonds is 6. The van der Waals surface area contributed by atoms with Gasteiger partial charge in [-0.25, -0.2) is 0 Å². The number of carbonyl (C=O) groups is 1. The van der Waals surface area contributed by atoms with Gasteiger partial charge in [0.25, 0.3) is 5.22 Å². The zero-order valence-corrected chi connectivity index (χ0v) is 16.1. The minimum Gasteiger partial charge on any atom is -0.416 e. The number of benzene rings is 2. The molecule has 0 saturated heterocycles. The largest absolute Gasteiger partial charge is 0.416 e. The highest BCUT2D eigenvalue weighted by Gasteiger charge is 2.20. The van der Waals surface area contributed by atoms with Gasteiger partial charge in [-0.1, -0.05) is 71.4 Å². The molecule has 5 nitrogen and oxygen atoms in total. The standard InChI is InChI=1S/C18H15Cl2N3O2S/c1-11(17(24)21-16-13(19)8-5-9-14(16)20)26-18-23-22-15(25-18)10-12-6-3-2-4-7-12/h2-9,11H,10H2,1H3,(H,21,24)/t11-/m1/s1. The number of amides is 1. The van der Waals surface area contributed by atoms with Gasteiger partial charge in [-0.3, -0.25) is 4.79 Å². The van der Waals surface area contributed by atoms with Crippen LogP contribution >= 0.6 is 35.0 Å². The third-order valence-corrected chi connectivity index (χ3v) is 5.07. The van der Waals surface area contributed by atoms with Crippen molar-refractivity contribution in [1.29, 1.82) is 0 Å². The molecule has 26 heavy (non-hydrogen) atoms. The lowest BCUT2D eigenvalue weighted by atomic mass is 10.2. The van der Waals surface area contributed by atoms with Crippen molar-refractivity contribution in [2.75, 3.05) is 5.32 Å². The highest BCUT2D eigenvalue weighted by atomic mass is 35.5. The fourth-order valence-electron chi connectivity index (χ4n) is 2.17. The van der Waals surface area contributed by atoms with Crippen LogP contribution in [0.25, 0.3) is 0 Å². The fourth-order valence-corrected chi connectivity index (χ4v) is 3.37. The molecule has 2 aromatic carbocycles. The van der Waals surface area contributed by atoms with Crippen LogP contribution in [0.15, 0.2) is 58.2 Å². The van der Waals surface area contributed by atoms with E-state index in [4.69, 9.17) is 27.6 Å². The lowest BCUT2D eigenvalue weighted by Gasteiger charge is -2.12. The Hall–Kier alpha value is -2.02. The lowest BCUT2D eigenvalue weighted by molar-refractivity contribution is -0.115. The number of thioether (sulfide) groups is 1. The quantitative estimate of drug-likeness (QED) is 0.576. The average molecular weight is 408 g/mol. The summed E-state index contributed by atoms with van der Waals surface area (Å²) in [7, 11) is 0. The summed E-state index contributed by atoms with van der Waals surface area (Å²) in [5.74, 6) is 0.244. The number of nitrogens with one attached hydrogen (secondary N) is 1. The van der Waals surface area contributed by atoms with Gasteiger partial charge in [-0.2, -0.15) is 0 Å². The summed E-state index contributed by atoms with van der Waals surface area (Å²) < 4.78 is 5.61. The molecule has 1 atom stereocenters. The first-order chi connectivity index (χ1) is 12.5. The molecule has 1 aromatic heterocycles. The lowest BCUT2D eigenvalue weighted by Crippen LogP contribution is -2.22. The summed E-state index contributed by atoms with van der Waals surface area (Å²) in [5, 5.41) is 11.4. The Balaban J connectivity index is 1.61. The van der Waals surface area contributed by atoms with E-state index in [1.807, 2.05) is 30.3 Å². The number of carbonyl (C=O) groups excluding carboxylic acids is 1. The van der Waals surface area contributed by atoms with Crippen molar-refractivity contribution in [3.63, 3.8) is 0 Å². The third kappa shape index (κ3) is 4.78. The average Bonchev–Trinajstić information content (AvgIpc) is 3.05. The van der Waals surface area contributed by atoms with Gasteiger partial charge in [0.2, 0.25) is 11.8 Å². The maximum absolute atomic E-state index is 12.4. The number of hydrogen-bond acceptors (Lipinski definition) is 5. The number of aromatic nitrogens is 2. The molecule has 1 N–H and O–H groups in total. The van der Waals surface area contributed by atoms with Crippen molar-refractivity contribution in [2.24, 2.45) is 0 Å². The van der Waals surface area contributed by atoms with E-state index in [1.54, 1.807) is 25.1 Å². The molecule has 0 radical (unpaired) electrons. The van der Waals surface area contributed by atoms with Gasteiger partial charge in [0, 0.05) is 0 Å². The topological polar surface area (TPSA) is 68.0 Å². The number of anilines is 1. The first-order valence-electron chi connectivity index (χ1n) is 7.81. The molecule has 0 aliphatic carbocycles. The first kappa shape index (κ1) is 18.8. The molecule has 0 aliphatic rings. The molecule has 0 aliphatic heterocycles. The number of para-hydroxylation sites is 1. The van der Waals surface area contributed by atoms with E-state index in [0.717, 1.165) is 5.56 Å². The van der Waals surface area contributed by atoms with Crippen LogP contribution in [0.3, 0.4) is 0 Å². The first-order valence-corrected chi connectivity index (χ1v) is 9.44. The summed E-state index contributed by atoms with van der Waals surface area (Å²) in [6, 6.07) is 14.9. The maximum atomic E-state index is 12.4. The van der Waals surface area contributed by atoms with Gasteiger partial charge >= 0.3 is 0 Å². The van der Waals surface area contributed by atoms with Gasteiger partial charge in [0.15, 0.2) is 0 Å². The second-order valence-electron chi connectivity index (χ2n) is 5.47. The van der Waals surface area contributed by atoms with Gasteiger partial charge < -0.3 is 9.73 Å². The summed E-state index contributed by atoms with van der Waals surface area (Å²) >= 11 is 13.3. The molecule has 3 rings (SSSR count). The molecule has 0 unspecified atom stereocenters. The van der Waals surface area contributed by atoms with Crippen molar-refractivity contribution < 1.29 is 9.21 Å². The van der Waals surface area contributed by atoms with Crippen LogP contribution in [0.4, 0.5) is 5.69 Å². The Labute approximate surface area is 165 Å². The molecule has 134 valence electrons. The van der Waals surface area contributed by atoms with Crippen molar-refractivity contribution in [3.8, 4) is 0 Å². The molecular formula is C18H15Cl2N3O2S. The monoisotopic (exact) mass is 407 g/mol. The van der Waals surface area contributed by atoms with Crippen LogP contribution in [0.2, 0.25) is 10.0 Å². The second kappa shape index (κ2) is 8.58. The Bertz CT molecular complexity index is 882. The predicted octanol–water partition coefficient (Wildman–Crippen LogP) is 5.09. The highest BCUT2D eigenvalue weighted by molar-refractivity contribution is 8.00. The summed E-state index contributed by atoms with van der Waals surface area (Å²) in [5.41, 5.74) is 1.47. The Morgan fingerprint density at radius 2 is 1.81 bits per heavy atom. The smallest absolute Gasteiger partial charge is 0.277 e. The Morgan fingerprint density at radius 1 is 1.12 bits per heavy atom. The molecule has 0 fully saturated rings. The van der Waals surface area contributed by atoms with Gasteiger partial charge in [-0.05, 0) is 24.6 Å². The van der Waals surface area contributed by atoms with Gasteiger partial charge in [0.1, 0.15) is 0 Å². The van der Waals surface area contributed by atoms with Gasteiger partial charge in [-0.15, -0.1) is 10.2 Å². The van der Waals surface area contributed by atoms with Crippen LogP contribution in [-0.2, 0) is 11.2 Å². The van der Waals surface area contributed by atoms with E-state index in [2.05, 4.69) is 15.5 Å². The van der Waals surface area contributed by atoms with Crippen LogP contribution in [0, 0.1) is 0 Å². The molecule has 1 amide bonds. The number of halogens is 2.